The van der Waals surface area contributed by atoms with Crippen LogP contribution in [0.15, 0.2) is 18.2 Å². The molecule has 0 spiro atoms. The second-order valence-corrected chi connectivity index (χ2v) is 5.94. The van der Waals surface area contributed by atoms with E-state index in [0.717, 1.165) is 19.3 Å². The zero-order valence-corrected chi connectivity index (χ0v) is 13.4. The van der Waals surface area contributed by atoms with E-state index in [2.05, 4.69) is 5.32 Å². The van der Waals surface area contributed by atoms with E-state index >= 15 is 0 Å². The molecule has 0 aliphatic carbocycles. The molecular formula is C16H21ClN2O3. The number of piperidine rings is 1. The molecule has 2 amide bonds. The smallest absolute Gasteiger partial charge is 0.255 e. The van der Waals surface area contributed by atoms with Gasteiger partial charge in [-0.2, -0.15) is 0 Å². The molecule has 1 heterocycles. The summed E-state index contributed by atoms with van der Waals surface area (Å²) in [5, 5.41) is 12.2. The Labute approximate surface area is 135 Å². The maximum Gasteiger partial charge on any atom is 0.255 e. The van der Waals surface area contributed by atoms with Gasteiger partial charge in [-0.15, -0.1) is 0 Å². The zero-order valence-electron chi connectivity index (χ0n) is 12.6. The van der Waals surface area contributed by atoms with Crippen LogP contribution in [0.4, 0.5) is 5.69 Å². The van der Waals surface area contributed by atoms with Gasteiger partial charge in [0.15, 0.2) is 0 Å². The Morgan fingerprint density at radius 1 is 1.41 bits per heavy atom. The lowest BCUT2D eigenvalue weighted by Crippen LogP contribution is -2.44. The Bertz CT molecular complexity index is 560. The van der Waals surface area contributed by atoms with Crippen molar-refractivity contribution in [3.63, 3.8) is 0 Å². The van der Waals surface area contributed by atoms with Gasteiger partial charge in [0.05, 0.1) is 10.6 Å². The van der Waals surface area contributed by atoms with Crippen LogP contribution in [0.2, 0.25) is 5.02 Å². The van der Waals surface area contributed by atoms with Crippen LogP contribution in [0.25, 0.3) is 0 Å². The lowest BCUT2D eigenvalue weighted by Gasteiger charge is -2.35. The molecule has 5 nitrogen and oxygen atoms in total. The maximum atomic E-state index is 12.8. The predicted octanol–water partition coefficient (Wildman–Crippen LogP) is 2.68. The average molecular weight is 325 g/mol. The van der Waals surface area contributed by atoms with E-state index in [4.69, 9.17) is 11.6 Å². The van der Waals surface area contributed by atoms with Gasteiger partial charge in [-0.25, -0.2) is 0 Å². The van der Waals surface area contributed by atoms with Crippen molar-refractivity contribution in [2.45, 2.75) is 38.6 Å². The highest BCUT2D eigenvalue weighted by Gasteiger charge is 2.28. The van der Waals surface area contributed by atoms with E-state index < -0.39 is 0 Å². The number of aliphatic hydroxyl groups is 1. The molecule has 1 aliphatic rings. The molecule has 1 saturated heterocycles. The third-order valence-corrected chi connectivity index (χ3v) is 4.20. The zero-order chi connectivity index (χ0) is 16.1. The molecule has 2 N–H and O–H groups in total. The summed E-state index contributed by atoms with van der Waals surface area (Å²) in [4.78, 5) is 25.7. The fraction of sp³-hybridized carbons (Fsp3) is 0.500. The SMILES string of the molecule is CC(=O)Nc1ccc(Cl)c(C(=O)N2CCCCC2CCO)c1. The average Bonchev–Trinajstić information content (AvgIpc) is 2.49. The van der Waals surface area contributed by atoms with Gasteiger partial charge >= 0.3 is 0 Å². The highest BCUT2D eigenvalue weighted by molar-refractivity contribution is 6.34. The van der Waals surface area contributed by atoms with Gasteiger partial charge in [-0.05, 0) is 43.9 Å². The summed E-state index contributed by atoms with van der Waals surface area (Å²) in [7, 11) is 0. The number of anilines is 1. The summed E-state index contributed by atoms with van der Waals surface area (Å²) in [6.07, 6.45) is 3.49. The van der Waals surface area contributed by atoms with Crippen molar-refractivity contribution in [3.8, 4) is 0 Å². The van der Waals surface area contributed by atoms with Crippen LogP contribution in [-0.2, 0) is 4.79 Å². The summed E-state index contributed by atoms with van der Waals surface area (Å²) in [5.74, 6) is -0.341. The lowest BCUT2D eigenvalue weighted by molar-refractivity contribution is -0.114. The number of halogens is 1. The molecule has 1 atom stereocenters. The summed E-state index contributed by atoms with van der Waals surface area (Å²) in [6, 6.07) is 4.94. The topological polar surface area (TPSA) is 69.6 Å². The van der Waals surface area contributed by atoms with Gasteiger partial charge in [0.1, 0.15) is 0 Å². The van der Waals surface area contributed by atoms with Crippen LogP contribution >= 0.6 is 11.6 Å². The minimum atomic E-state index is -0.197. The molecule has 1 unspecified atom stereocenters. The minimum absolute atomic E-state index is 0.0479. The number of amides is 2. The molecule has 0 aromatic heterocycles. The number of nitrogens with one attached hydrogen (secondary N) is 1. The Morgan fingerprint density at radius 3 is 2.86 bits per heavy atom. The van der Waals surface area contributed by atoms with E-state index in [1.54, 1.807) is 23.1 Å². The molecule has 120 valence electrons. The molecule has 1 aromatic rings. The van der Waals surface area contributed by atoms with Gasteiger partial charge in [0, 0.05) is 31.8 Å². The number of carbonyl (C=O) groups excluding carboxylic acids is 2. The molecule has 6 heteroatoms. The standard InChI is InChI=1S/C16H21ClN2O3/c1-11(21)18-12-5-6-15(17)14(10-12)16(22)19-8-3-2-4-13(19)7-9-20/h5-6,10,13,20H,2-4,7-9H2,1H3,(H,18,21). The van der Waals surface area contributed by atoms with Crippen LogP contribution in [0.5, 0.6) is 0 Å². The normalized spacial score (nSPS) is 18.1. The van der Waals surface area contributed by atoms with Crippen molar-refractivity contribution in [3.05, 3.63) is 28.8 Å². The Balaban J connectivity index is 2.24. The molecule has 0 saturated carbocycles. The minimum Gasteiger partial charge on any atom is -0.396 e. The van der Waals surface area contributed by atoms with Crippen LogP contribution in [0, 0.1) is 0 Å². The first-order valence-corrected chi connectivity index (χ1v) is 7.89. The quantitative estimate of drug-likeness (QED) is 0.894. The van der Waals surface area contributed by atoms with Gasteiger partial charge in [-0.1, -0.05) is 11.6 Å². The van der Waals surface area contributed by atoms with Crippen molar-refractivity contribution in [2.75, 3.05) is 18.5 Å². The molecule has 22 heavy (non-hydrogen) atoms. The number of carbonyl (C=O) groups is 2. The molecule has 0 radical (unpaired) electrons. The van der Waals surface area contributed by atoms with Gasteiger partial charge in [0.2, 0.25) is 5.91 Å². The Hall–Kier alpha value is -1.59. The summed E-state index contributed by atoms with van der Waals surface area (Å²) in [5.41, 5.74) is 0.939. The number of hydrogen-bond acceptors (Lipinski definition) is 3. The summed E-state index contributed by atoms with van der Waals surface area (Å²) in [6.45, 7) is 2.15. The number of aliphatic hydroxyl groups excluding tert-OH is 1. The fourth-order valence-electron chi connectivity index (χ4n) is 2.84. The van der Waals surface area contributed by atoms with E-state index in [1.165, 1.54) is 6.92 Å². The summed E-state index contributed by atoms with van der Waals surface area (Å²) < 4.78 is 0. The first-order valence-electron chi connectivity index (χ1n) is 7.52. The third-order valence-electron chi connectivity index (χ3n) is 3.87. The van der Waals surface area contributed by atoms with Crippen LogP contribution < -0.4 is 5.32 Å². The number of benzene rings is 1. The van der Waals surface area contributed by atoms with Crippen molar-refractivity contribution in [2.24, 2.45) is 0 Å². The van der Waals surface area contributed by atoms with Crippen LogP contribution in [-0.4, -0.2) is 41.0 Å². The van der Waals surface area contributed by atoms with E-state index in [0.29, 0.717) is 29.2 Å². The number of rotatable bonds is 4. The Kier molecular flexibility index (Phi) is 5.80. The van der Waals surface area contributed by atoms with E-state index in [-0.39, 0.29) is 24.5 Å². The van der Waals surface area contributed by atoms with Crippen molar-refractivity contribution >= 4 is 29.1 Å². The number of nitrogens with zero attached hydrogens (tertiary/aromatic N) is 1. The van der Waals surface area contributed by atoms with Gasteiger partial charge < -0.3 is 15.3 Å². The number of hydrogen-bond donors (Lipinski definition) is 2. The van der Waals surface area contributed by atoms with Gasteiger partial charge in [0.25, 0.3) is 5.91 Å². The predicted molar refractivity (Wildman–Crippen MR) is 86.1 cm³/mol. The first kappa shape index (κ1) is 16.8. The van der Waals surface area contributed by atoms with E-state index in [9.17, 15) is 14.7 Å². The molecule has 1 aromatic carbocycles. The van der Waals surface area contributed by atoms with Crippen molar-refractivity contribution in [1.82, 2.24) is 4.90 Å². The largest absolute Gasteiger partial charge is 0.396 e. The van der Waals surface area contributed by atoms with Crippen molar-refractivity contribution in [1.29, 1.82) is 0 Å². The molecule has 2 rings (SSSR count). The van der Waals surface area contributed by atoms with Crippen LogP contribution in [0.3, 0.4) is 0 Å². The molecule has 1 aliphatic heterocycles. The molecular weight excluding hydrogens is 304 g/mol. The fourth-order valence-corrected chi connectivity index (χ4v) is 3.04. The third kappa shape index (κ3) is 3.99. The highest BCUT2D eigenvalue weighted by atomic mass is 35.5. The van der Waals surface area contributed by atoms with Crippen LogP contribution in [0.1, 0.15) is 43.0 Å². The second kappa shape index (κ2) is 7.61. The lowest BCUT2D eigenvalue weighted by atomic mass is 9.98. The highest BCUT2D eigenvalue weighted by Crippen LogP contribution is 2.26. The second-order valence-electron chi connectivity index (χ2n) is 5.54. The monoisotopic (exact) mass is 324 g/mol. The summed E-state index contributed by atoms with van der Waals surface area (Å²) >= 11 is 6.16. The van der Waals surface area contributed by atoms with Crippen molar-refractivity contribution < 1.29 is 14.7 Å². The van der Waals surface area contributed by atoms with Gasteiger partial charge in [-0.3, -0.25) is 9.59 Å². The Morgan fingerprint density at radius 2 is 2.18 bits per heavy atom. The number of likely N-dealkylation sites (tertiary alicyclic amines) is 1. The van der Waals surface area contributed by atoms with E-state index in [1.807, 2.05) is 0 Å². The molecule has 0 bridgehead atoms. The molecule has 1 fully saturated rings. The first-order chi connectivity index (χ1) is 10.5. The maximum absolute atomic E-state index is 12.8.